The van der Waals surface area contributed by atoms with Crippen LogP contribution in [0.4, 0.5) is 0 Å². The summed E-state index contributed by atoms with van der Waals surface area (Å²) in [4.78, 5) is 26.0. The topological polar surface area (TPSA) is 34.1 Å². The monoisotopic (exact) mass is 418 g/mol. The van der Waals surface area contributed by atoms with E-state index < -0.39 is 8.65 Å². The summed E-state index contributed by atoms with van der Waals surface area (Å²) >= 11 is 7.26. The van der Waals surface area contributed by atoms with Crippen LogP contribution in [0.3, 0.4) is 0 Å². The van der Waals surface area contributed by atoms with Gasteiger partial charge in [-0.2, -0.15) is 0 Å². The molecule has 0 N–H and O–H groups in total. The lowest BCUT2D eigenvalue weighted by atomic mass is 9.54. The van der Waals surface area contributed by atoms with Crippen molar-refractivity contribution in [3.8, 4) is 0 Å². The number of ketones is 2. The van der Waals surface area contributed by atoms with Gasteiger partial charge in [0, 0.05) is 17.0 Å². The van der Waals surface area contributed by atoms with E-state index in [0.717, 1.165) is 5.56 Å². The molecule has 110 valence electrons. The maximum atomic E-state index is 13.1. The predicted octanol–water partition coefficient (Wildman–Crippen LogP) is 4.52. The van der Waals surface area contributed by atoms with E-state index in [1.54, 1.807) is 24.3 Å². The molecule has 2 aromatic carbocycles. The van der Waals surface area contributed by atoms with Gasteiger partial charge in [0.15, 0.2) is 11.6 Å². The Morgan fingerprint density at radius 3 is 2.00 bits per heavy atom. The van der Waals surface area contributed by atoms with Crippen LogP contribution in [0, 0.1) is 0 Å². The van der Waals surface area contributed by atoms with Crippen molar-refractivity contribution in [3.63, 3.8) is 0 Å². The standard InChI is InChI=1S/C18H12Br2O2/c19-17-10-14(11-6-2-1-3-7-11)18(17,20)16(22)13-9-5-4-8-12(13)15(17)21/h1-9,14H,10H2/t14-,17+,18-/m1/s1. The number of Topliss-reactive ketones (excluding diaryl/α,β-unsaturated/α-hetero) is 2. The molecule has 0 bridgehead atoms. The average Bonchev–Trinajstić information content (AvgIpc) is 2.57. The highest BCUT2D eigenvalue weighted by molar-refractivity contribution is 9.13. The molecule has 2 nitrogen and oxygen atoms in total. The highest BCUT2D eigenvalue weighted by atomic mass is 79.9. The van der Waals surface area contributed by atoms with Gasteiger partial charge in [0.2, 0.25) is 0 Å². The van der Waals surface area contributed by atoms with Gasteiger partial charge in [-0.05, 0) is 12.0 Å². The van der Waals surface area contributed by atoms with E-state index in [1.165, 1.54) is 0 Å². The summed E-state index contributed by atoms with van der Waals surface area (Å²) in [5, 5.41) is 0. The zero-order valence-corrected chi connectivity index (χ0v) is 14.7. The highest BCUT2D eigenvalue weighted by Gasteiger charge is 2.73. The molecule has 22 heavy (non-hydrogen) atoms. The van der Waals surface area contributed by atoms with Crippen molar-refractivity contribution in [2.45, 2.75) is 21.0 Å². The smallest absolute Gasteiger partial charge is 0.182 e. The van der Waals surface area contributed by atoms with Crippen LogP contribution in [-0.2, 0) is 0 Å². The fourth-order valence-corrected chi connectivity index (χ4v) is 5.61. The second-order valence-corrected chi connectivity index (χ2v) is 8.49. The molecule has 1 saturated carbocycles. The summed E-state index contributed by atoms with van der Waals surface area (Å²) in [6.07, 6.45) is 0.612. The number of fused-ring (bicyclic) bond motifs is 2. The minimum atomic E-state index is -0.910. The van der Waals surface area contributed by atoms with Crippen LogP contribution in [0.2, 0.25) is 0 Å². The Morgan fingerprint density at radius 2 is 1.36 bits per heavy atom. The Morgan fingerprint density at radius 1 is 0.818 bits per heavy atom. The van der Waals surface area contributed by atoms with Crippen molar-refractivity contribution in [2.24, 2.45) is 0 Å². The van der Waals surface area contributed by atoms with Crippen molar-refractivity contribution >= 4 is 43.4 Å². The third-order valence-corrected chi connectivity index (χ3v) is 8.28. The van der Waals surface area contributed by atoms with Gasteiger partial charge in [-0.25, -0.2) is 0 Å². The fraction of sp³-hybridized carbons (Fsp3) is 0.222. The van der Waals surface area contributed by atoms with E-state index in [2.05, 4.69) is 31.9 Å². The molecule has 1 fully saturated rings. The molecule has 0 amide bonds. The number of halogens is 2. The molecule has 0 aliphatic heterocycles. The van der Waals surface area contributed by atoms with Gasteiger partial charge >= 0.3 is 0 Å². The first-order chi connectivity index (χ1) is 10.5. The van der Waals surface area contributed by atoms with Gasteiger partial charge in [0.1, 0.15) is 8.65 Å². The maximum Gasteiger partial charge on any atom is 0.182 e. The lowest BCUT2D eigenvalue weighted by molar-refractivity contribution is 0.0672. The Labute approximate surface area is 145 Å². The summed E-state index contributed by atoms with van der Waals surface area (Å²) < 4.78 is -1.77. The minimum Gasteiger partial charge on any atom is -0.292 e. The van der Waals surface area contributed by atoms with Crippen molar-refractivity contribution < 1.29 is 9.59 Å². The zero-order valence-electron chi connectivity index (χ0n) is 11.6. The van der Waals surface area contributed by atoms with Gasteiger partial charge < -0.3 is 0 Å². The Hall–Kier alpha value is -1.26. The van der Waals surface area contributed by atoms with Crippen LogP contribution < -0.4 is 0 Å². The number of carbonyl (C=O) groups excluding carboxylic acids is 2. The average molecular weight is 420 g/mol. The van der Waals surface area contributed by atoms with E-state index in [0.29, 0.717) is 17.5 Å². The molecule has 0 radical (unpaired) electrons. The summed E-state index contributed by atoms with van der Waals surface area (Å²) in [6.45, 7) is 0. The van der Waals surface area contributed by atoms with Crippen LogP contribution in [0.1, 0.15) is 38.6 Å². The summed E-state index contributed by atoms with van der Waals surface area (Å²) in [6, 6.07) is 17.0. The molecule has 4 rings (SSSR count). The van der Waals surface area contributed by atoms with Crippen LogP contribution in [-0.4, -0.2) is 20.2 Å². The minimum absolute atomic E-state index is 0.00763. The van der Waals surface area contributed by atoms with E-state index in [1.807, 2.05) is 30.3 Å². The zero-order chi connectivity index (χ0) is 15.5. The number of benzene rings is 2. The quantitative estimate of drug-likeness (QED) is 0.636. The first-order valence-electron chi connectivity index (χ1n) is 7.11. The second-order valence-electron chi connectivity index (χ2n) is 5.88. The maximum absolute atomic E-state index is 13.1. The molecule has 4 heteroatoms. The summed E-state index contributed by atoms with van der Waals surface area (Å²) in [7, 11) is 0. The third-order valence-electron chi connectivity index (χ3n) is 4.85. The van der Waals surface area contributed by atoms with Gasteiger partial charge in [0.25, 0.3) is 0 Å². The largest absolute Gasteiger partial charge is 0.292 e. The molecule has 0 heterocycles. The number of rotatable bonds is 1. The molecular weight excluding hydrogens is 408 g/mol. The molecule has 0 saturated heterocycles. The molecule has 0 unspecified atom stereocenters. The number of carbonyl (C=O) groups is 2. The number of alkyl halides is 2. The second kappa shape index (κ2) is 4.62. The Bertz CT molecular complexity index is 802. The van der Waals surface area contributed by atoms with E-state index >= 15 is 0 Å². The fourth-order valence-electron chi connectivity index (χ4n) is 3.63. The predicted molar refractivity (Wildman–Crippen MR) is 92.2 cm³/mol. The molecule has 2 aliphatic rings. The Kier molecular flexibility index (Phi) is 3.01. The van der Waals surface area contributed by atoms with Gasteiger partial charge in [0.05, 0.1) is 0 Å². The number of hydrogen-bond acceptors (Lipinski definition) is 2. The lowest BCUT2D eigenvalue weighted by Gasteiger charge is -2.58. The number of hydrogen-bond donors (Lipinski definition) is 0. The summed E-state index contributed by atoms with van der Waals surface area (Å²) in [5.41, 5.74) is 2.11. The summed E-state index contributed by atoms with van der Waals surface area (Å²) in [5.74, 6) is -0.0377. The Balaban J connectivity index is 1.89. The van der Waals surface area contributed by atoms with Gasteiger partial charge in [-0.3, -0.25) is 9.59 Å². The molecule has 2 aliphatic carbocycles. The van der Waals surface area contributed by atoms with Crippen LogP contribution in [0.15, 0.2) is 54.6 Å². The molecule has 2 aromatic rings. The van der Waals surface area contributed by atoms with E-state index in [4.69, 9.17) is 0 Å². The van der Waals surface area contributed by atoms with Crippen LogP contribution >= 0.6 is 31.9 Å². The molecular formula is C18H12Br2O2. The van der Waals surface area contributed by atoms with Crippen molar-refractivity contribution in [1.82, 2.24) is 0 Å². The first kappa shape index (κ1) is 14.3. The SMILES string of the molecule is O=C1c2ccccc2C(=O)[C@]2(Br)[C@@H](c3ccccc3)C[C@]12Br. The van der Waals surface area contributed by atoms with Crippen molar-refractivity contribution in [1.29, 1.82) is 0 Å². The third kappa shape index (κ3) is 1.55. The van der Waals surface area contributed by atoms with E-state index in [9.17, 15) is 9.59 Å². The molecule has 0 spiro atoms. The highest BCUT2D eigenvalue weighted by Crippen LogP contribution is 2.66. The molecule has 0 aromatic heterocycles. The van der Waals surface area contributed by atoms with Crippen molar-refractivity contribution in [2.75, 3.05) is 0 Å². The first-order valence-corrected chi connectivity index (χ1v) is 8.70. The van der Waals surface area contributed by atoms with Crippen molar-refractivity contribution in [3.05, 3.63) is 71.3 Å². The normalized spacial score (nSPS) is 32.9. The van der Waals surface area contributed by atoms with E-state index in [-0.39, 0.29) is 17.5 Å². The molecule has 3 atom stereocenters. The van der Waals surface area contributed by atoms with Crippen LogP contribution in [0.25, 0.3) is 0 Å². The van der Waals surface area contributed by atoms with Crippen LogP contribution in [0.5, 0.6) is 0 Å². The van der Waals surface area contributed by atoms with Gasteiger partial charge in [-0.1, -0.05) is 86.5 Å². The van der Waals surface area contributed by atoms with Gasteiger partial charge in [-0.15, -0.1) is 0 Å². The lowest BCUT2D eigenvalue weighted by Crippen LogP contribution is -2.70.